The number of carbonyl (C=O) groups is 2. The zero-order chi connectivity index (χ0) is 27.8. The van der Waals surface area contributed by atoms with Crippen molar-refractivity contribution in [1.29, 1.82) is 0 Å². The van der Waals surface area contributed by atoms with Gasteiger partial charge in [0, 0.05) is 17.3 Å². The Kier molecular flexibility index (Phi) is 8.11. The number of ether oxygens (including phenoxy) is 1. The number of aryl methyl sites for hydroxylation is 2. The average molecular weight is 556 g/mol. The maximum atomic E-state index is 13.7. The Labute approximate surface area is 228 Å². The summed E-state index contributed by atoms with van der Waals surface area (Å²) in [7, 11) is -3.83. The number of carboxylic acids is 1. The van der Waals surface area contributed by atoms with Crippen LogP contribution in [-0.2, 0) is 21.4 Å². The largest absolute Gasteiger partial charge is 0.488 e. The Morgan fingerprint density at radius 2 is 1.84 bits per heavy atom. The summed E-state index contributed by atoms with van der Waals surface area (Å²) in [5, 5.41) is 9.93. The van der Waals surface area contributed by atoms with Crippen LogP contribution >= 0.6 is 11.3 Å². The Morgan fingerprint density at radius 1 is 1.13 bits per heavy atom. The molecule has 202 valence electrons. The molecule has 9 heteroatoms. The predicted molar refractivity (Wildman–Crippen MR) is 148 cm³/mol. The molecule has 2 heterocycles. The molecule has 0 saturated carbocycles. The summed E-state index contributed by atoms with van der Waals surface area (Å²) in [5.41, 5.74) is 3.30. The number of sulfonamides is 1. The van der Waals surface area contributed by atoms with E-state index in [0.29, 0.717) is 17.0 Å². The average Bonchev–Trinajstić information content (AvgIpc) is 3.21. The number of carbonyl (C=O) groups excluding carboxylic acids is 1. The van der Waals surface area contributed by atoms with Crippen LogP contribution in [0, 0.1) is 19.8 Å². The molecule has 0 bridgehead atoms. The maximum absolute atomic E-state index is 13.7. The Morgan fingerprint density at radius 3 is 2.47 bits per heavy atom. The quantitative estimate of drug-likeness (QED) is 0.354. The summed E-state index contributed by atoms with van der Waals surface area (Å²) in [5.74, 6) is -1.88. The first-order valence-corrected chi connectivity index (χ1v) is 14.9. The first kappa shape index (κ1) is 28.0. The summed E-state index contributed by atoms with van der Waals surface area (Å²) in [6.07, 6.45) is 0.351. The molecule has 3 atom stereocenters. The van der Waals surface area contributed by atoms with Crippen molar-refractivity contribution in [2.45, 2.75) is 64.5 Å². The van der Waals surface area contributed by atoms with E-state index in [4.69, 9.17) is 4.74 Å². The fourth-order valence-electron chi connectivity index (χ4n) is 4.90. The highest BCUT2D eigenvalue weighted by Gasteiger charge is 2.35. The number of Topliss-reactive ketones (excluding diaryl/α,β-unsaturated/α-hetero) is 1. The number of aliphatic carboxylic acids is 1. The second kappa shape index (κ2) is 11.0. The number of para-hydroxylation sites is 1. The van der Waals surface area contributed by atoms with Gasteiger partial charge in [-0.05, 0) is 67.6 Å². The molecule has 4 rings (SSSR count). The van der Waals surface area contributed by atoms with E-state index in [9.17, 15) is 23.1 Å². The first-order chi connectivity index (χ1) is 17.9. The van der Waals surface area contributed by atoms with Crippen molar-refractivity contribution in [1.82, 2.24) is 4.31 Å². The van der Waals surface area contributed by atoms with Gasteiger partial charge in [0.2, 0.25) is 10.0 Å². The molecule has 1 aliphatic heterocycles. The van der Waals surface area contributed by atoms with Gasteiger partial charge in [-0.1, -0.05) is 44.2 Å². The molecular formula is C29H33NO6S2. The van der Waals surface area contributed by atoms with Gasteiger partial charge in [-0.3, -0.25) is 9.59 Å². The molecule has 1 N–H and O–H groups in total. The standard InChI is InChI=1S/C29H33NO6S2/c1-6-23-16-30(38(34,35)26-10-8-7-9-24(26)36-23)15-22-14-21(12-11-17(22)2)27(19(4)29(32)33)25-13-18(3)28(37-25)20(5)31/h7-14,19,23,27H,6,15-16H2,1-5H3,(H,32,33)/t19?,23-,27?/m1/s1. The van der Waals surface area contributed by atoms with Gasteiger partial charge >= 0.3 is 5.97 Å². The zero-order valence-electron chi connectivity index (χ0n) is 22.2. The van der Waals surface area contributed by atoms with Crippen molar-refractivity contribution in [3.8, 4) is 5.75 Å². The molecule has 3 aromatic rings. The van der Waals surface area contributed by atoms with Gasteiger partial charge < -0.3 is 9.84 Å². The summed E-state index contributed by atoms with van der Waals surface area (Å²) in [4.78, 5) is 25.8. The third kappa shape index (κ3) is 5.41. The molecule has 0 fully saturated rings. The van der Waals surface area contributed by atoms with Crippen LogP contribution in [0.15, 0.2) is 53.4 Å². The van der Waals surface area contributed by atoms with Crippen LogP contribution in [0.3, 0.4) is 0 Å². The maximum Gasteiger partial charge on any atom is 0.307 e. The van der Waals surface area contributed by atoms with Crippen molar-refractivity contribution in [3.05, 3.63) is 80.5 Å². The van der Waals surface area contributed by atoms with E-state index in [-0.39, 0.29) is 29.9 Å². The number of thiophene rings is 1. The third-order valence-electron chi connectivity index (χ3n) is 7.15. The molecule has 2 unspecified atom stereocenters. The van der Waals surface area contributed by atoms with Gasteiger partial charge in [0.05, 0.1) is 17.3 Å². The summed E-state index contributed by atoms with van der Waals surface area (Å²) in [6, 6.07) is 14.3. The smallest absolute Gasteiger partial charge is 0.307 e. The molecular weight excluding hydrogens is 522 g/mol. The van der Waals surface area contributed by atoms with Crippen molar-refractivity contribution < 1.29 is 27.9 Å². The minimum absolute atomic E-state index is 0.0515. The second-order valence-corrected chi connectivity index (χ2v) is 12.9. The Bertz CT molecular complexity index is 1480. The highest BCUT2D eigenvalue weighted by molar-refractivity contribution is 7.89. The summed E-state index contributed by atoms with van der Waals surface area (Å²) < 4.78 is 34.9. The molecule has 1 aromatic heterocycles. The zero-order valence-corrected chi connectivity index (χ0v) is 23.9. The molecule has 0 radical (unpaired) electrons. The number of rotatable bonds is 8. The Hall–Kier alpha value is -3.01. The summed E-state index contributed by atoms with van der Waals surface area (Å²) >= 11 is 1.32. The lowest BCUT2D eigenvalue weighted by molar-refractivity contribution is -0.141. The number of carboxylic acid groups (broad SMARTS) is 1. The minimum Gasteiger partial charge on any atom is -0.488 e. The van der Waals surface area contributed by atoms with E-state index in [1.54, 1.807) is 31.2 Å². The fourth-order valence-corrected chi connectivity index (χ4v) is 7.77. The number of hydrogen-bond donors (Lipinski definition) is 1. The van der Waals surface area contributed by atoms with E-state index < -0.39 is 27.8 Å². The minimum atomic E-state index is -3.83. The van der Waals surface area contributed by atoms with E-state index in [0.717, 1.165) is 27.1 Å². The number of hydrogen-bond acceptors (Lipinski definition) is 6. The number of benzene rings is 2. The molecule has 7 nitrogen and oxygen atoms in total. The molecule has 1 aliphatic rings. The second-order valence-electron chi connectivity index (χ2n) is 9.90. The van der Waals surface area contributed by atoms with E-state index >= 15 is 0 Å². The van der Waals surface area contributed by atoms with E-state index in [2.05, 4.69) is 0 Å². The van der Waals surface area contributed by atoms with Crippen LogP contribution in [0.1, 0.15) is 69.9 Å². The molecule has 38 heavy (non-hydrogen) atoms. The van der Waals surface area contributed by atoms with Crippen LogP contribution in [0.2, 0.25) is 0 Å². The van der Waals surface area contributed by atoms with Crippen molar-refractivity contribution in [2.24, 2.45) is 5.92 Å². The lowest BCUT2D eigenvalue weighted by Gasteiger charge is -2.25. The molecule has 0 spiro atoms. The van der Waals surface area contributed by atoms with Gasteiger partial charge in [0.15, 0.2) is 5.78 Å². The highest BCUT2D eigenvalue weighted by atomic mass is 32.2. The van der Waals surface area contributed by atoms with Crippen molar-refractivity contribution in [3.63, 3.8) is 0 Å². The van der Waals surface area contributed by atoms with Gasteiger partial charge in [-0.15, -0.1) is 11.3 Å². The molecule has 0 aliphatic carbocycles. The van der Waals surface area contributed by atoms with E-state index in [1.165, 1.54) is 22.6 Å². The lowest BCUT2D eigenvalue weighted by Crippen LogP contribution is -2.36. The van der Waals surface area contributed by atoms with Gasteiger partial charge in [-0.2, -0.15) is 4.31 Å². The first-order valence-electron chi connectivity index (χ1n) is 12.6. The van der Waals surface area contributed by atoms with E-state index in [1.807, 2.05) is 45.0 Å². The van der Waals surface area contributed by atoms with Crippen LogP contribution in [0.25, 0.3) is 0 Å². The topological polar surface area (TPSA) is 101 Å². The highest BCUT2D eigenvalue weighted by Crippen LogP contribution is 2.39. The summed E-state index contributed by atoms with van der Waals surface area (Å²) in [6.45, 7) is 9.25. The number of nitrogens with zero attached hydrogens (tertiary/aromatic N) is 1. The van der Waals surface area contributed by atoms with Crippen LogP contribution < -0.4 is 4.74 Å². The lowest BCUT2D eigenvalue weighted by atomic mass is 9.84. The number of ketones is 1. The van der Waals surface area contributed by atoms with Crippen molar-refractivity contribution >= 4 is 33.1 Å². The molecule has 0 amide bonds. The van der Waals surface area contributed by atoms with Crippen LogP contribution in [0.4, 0.5) is 0 Å². The Balaban J connectivity index is 1.77. The monoisotopic (exact) mass is 555 g/mol. The predicted octanol–water partition coefficient (Wildman–Crippen LogP) is 5.78. The van der Waals surface area contributed by atoms with Crippen LogP contribution in [0.5, 0.6) is 5.75 Å². The van der Waals surface area contributed by atoms with Crippen molar-refractivity contribution in [2.75, 3.05) is 6.54 Å². The molecule has 2 aromatic carbocycles. The van der Waals surface area contributed by atoms with Gasteiger partial charge in [0.1, 0.15) is 16.7 Å². The normalized spacial score (nSPS) is 18.6. The molecule has 0 saturated heterocycles. The fraction of sp³-hybridized carbons (Fsp3) is 0.379. The van der Waals surface area contributed by atoms with Gasteiger partial charge in [0.25, 0.3) is 0 Å². The third-order valence-corrected chi connectivity index (χ3v) is 10.4. The van der Waals surface area contributed by atoms with Gasteiger partial charge in [-0.25, -0.2) is 8.42 Å². The SMILES string of the molecule is CC[C@@H]1CN(Cc2cc(C(c3cc(C)c(C(C)=O)s3)C(C)C(=O)O)ccc2C)S(=O)(=O)c2ccccc2O1. The van der Waals surface area contributed by atoms with Crippen LogP contribution in [-0.4, -0.2) is 42.2 Å². The number of fused-ring (bicyclic) bond motifs is 1.